The number of halogens is 2. The van der Waals surface area contributed by atoms with E-state index in [0.717, 1.165) is 0 Å². The van der Waals surface area contributed by atoms with Gasteiger partial charge in [0.15, 0.2) is 6.10 Å². The highest BCUT2D eigenvalue weighted by Crippen LogP contribution is 2.20. The molecule has 0 radical (unpaired) electrons. The Hall–Kier alpha value is -1.98. The number of benzene rings is 1. The van der Waals surface area contributed by atoms with Gasteiger partial charge in [-0.25, -0.2) is 4.79 Å². The van der Waals surface area contributed by atoms with Crippen molar-refractivity contribution in [3.05, 3.63) is 58.0 Å². The summed E-state index contributed by atoms with van der Waals surface area (Å²) in [4.78, 5) is 23.8. The second kappa shape index (κ2) is 7.33. The maximum atomic E-state index is 12.0. The van der Waals surface area contributed by atoms with Crippen molar-refractivity contribution in [1.29, 1.82) is 0 Å². The average Bonchev–Trinajstić information content (AvgIpc) is 2.96. The van der Waals surface area contributed by atoms with Crippen LogP contribution in [0.4, 0.5) is 0 Å². The number of esters is 1. The fourth-order valence-corrected chi connectivity index (χ4v) is 2.21. The lowest BCUT2D eigenvalue weighted by Gasteiger charge is -2.13. The number of carbonyl (C=O) groups excluding carboxylic acids is 2. The van der Waals surface area contributed by atoms with Gasteiger partial charge >= 0.3 is 5.97 Å². The summed E-state index contributed by atoms with van der Waals surface area (Å²) in [5.41, 5.74) is 0.184. The van der Waals surface area contributed by atoms with Crippen LogP contribution in [0.5, 0.6) is 0 Å². The van der Waals surface area contributed by atoms with E-state index in [2.05, 4.69) is 5.32 Å². The predicted octanol–water partition coefficient (Wildman–Crippen LogP) is 3.45. The average molecular weight is 342 g/mol. The zero-order valence-electron chi connectivity index (χ0n) is 11.6. The molecule has 0 unspecified atom stereocenters. The molecule has 1 aromatic heterocycles. The molecule has 1 amide bonds. The summed E-state index contributed by atoms with van der Waals surface area (Å²) < 4.78 is 10.2. The molecule has 0 fully saturated rings. The molecule has 5 nitrogen and oxygen atoms in total. The maximum Gasteiger partial charge on any atom is 0.339 e. The van der Waals surface area contributed by atoms with Gasteiger partial charge in [-0.2, -0.15) is 0 Å². The van der Waals surface area contributed by atoms with E-state index in [4.69, 9.17) is 32.4 Å². The smallest absolute Gasteiger partial charge is 0.339 e. The maximum absolute atomic E-state index is 12.0. The molecule has 1 N–H and O–H groups in total. The normalized spacial score (nSPS) is 11.8. The van der Waals surface area contributed by atoms with Gasteiger partial charge < -0.3 is 14.5 Å². The van der Waals surface area contributed by atoms with Crippen LogP contribution in [0.3, 0.4) is 0 Å². The fourth-order valence-electron chi connectivity index (χ4n) is 1.68. The number of hydrogen-bond acceptors (Lipinski definition) is 4. The van der Waals surface area contributed by atoms with Crippen molar-refractivity contribution < 1.29 is 18.7 Å². The second-order valence-corrected chi connectivity index (χ2v) is 5.38. The molecule has 0 saturated heterocycles. The Labute approximate surface area is 137 Å². The highest BCUT2D eigenvalue weighted by atomic mass is 35.5. The quantitative estimate of drug-likeness (QED) is 0.845. The summed E-state index contributed by atoms with van der Waals surface area (Å²) in [6.45, 7) is 1.69. The van der Waals surface area contributed by atoms with E-state index in [9.17, 15) is 9.59 Å². The number of furan rings is 1. The highest BCUT2D eigenvalue weighted by Gasteiger charge is 2.19. The molecule has 1 atom stereocenters. The van der Waals surface area contributed by atoms with Gasteiger partial charge in [-0.15, -0.1) is 0 Å². The molecule has 1 aromatic carbocycles. The minimum atomic E-state index is -0.958. The third-order valence-electron chi connectivity index (χ3n) is 2.77. The Morgan fingerprint density at radius 3 is 2.55 bits per heavy atom. The summed E-state index contributed by atoms with van der Waals surface area (Å²) >= 11 is 11.6. The highest BCUT2D eigenvalue weighted by molar-refractivity contribution is 6.35. The lowest BCUT2D eigenvalue weighted by Crippen LogP contribution is -2.35. The molecule has 0 saturated carbocycles. The molecule has 7 heteroatoms. The minimum absolute atomic E-state index is 0.184. The van der Waals surface area contributed by atoms with Crippen LogP contribution in [-0.4, -0.2) is 18.0 Å². The third kappa shape index (κ3) is 4.51. The number of ether oxygens (including phenoxy) is 1. The van der Waals surface area contributed by atoms with Gasteiger partial charge in [0.2, 0.25) is 0 Å². The summed E-state index contributed by atoms with van der Waals surface area (Å²) in [7, 11) is 0. The van der Waals surface area contributed by atoms with Crippen LogP contribution in [0.25, 0.3) is 0 Å². The summed E-state index contributed by atoms with van der Waals surface area (Å²) in [5.74, 6) is -0.503. The lowest BCUT2D eigenvalue weighted by molar-refractivity contribution is -0.129. The molecule has 22 heavy (non-hydrogen) atoms. The summed E-state index contributed by atoms with van der Waals surface area (Å²) in [5, 5.41) is 3.23. The van der Waals surface area contributed by atoms with Crippen LogP contribution >= 0.6 is 23.2 Å². The third-order valence-corrected chi connectivity index (χ3v) is 3.20. The molecule has 116 valence electrons. The molecule has 0 aliphatic heterocycles. The Kier molecular flexibility index (Phi) is 5.46. The molecule has 1 heterocycles. The van der Waals surface area contributed by atoms with Crippen LogP contribution in [0.1, 0.15) is 23.0 Å². The largest absolute Gasteiger partial charge is 0.467 e. The van der Waals surface area contributed by atoms with Crippen molar-refractivity contribution in [2.24, 2.45) is 0 Å². The first kappa shape index (κ1) is 16.4. The van der Waals surface area contributed by atoms with Crippen LogP contribution in [-0.2, 0) is 16.1 Å². The van der Waals surface area contributed by atoms with Gasteiger partial charge in [0.1, 0.15) is 5.76 Å². The standard InChI is InChI=1S/C15H13Cl2NO4/c1-9(14(19)18-8-13-3-2-4-21-13)22-15(20)10-5-11(16)7-12(17)6-10/h2-7,9H,8H2,1H3,(H,18,19)/t9-/m1/s1. The summed E-state index contributed by atoms with van der Waals surface area (Å²) in [6, 6.07) is 7.78. The predicted molar refractivity (Wildman–Crippen MR) is 81.9 cm³/mol. The van der Waals surface area contributed by atoms with E-state index >= 15 is 0 Å². The Morgan fingerprint density at radius 2 is 1.95 bits per heavy atom. The van der Waals surface area contributed by atoms with Crippen molar-refractivity contribution in [2.45, 2.75) is 19.6 Å². The van der Waals surface area contributed by atoms with E-state index in [-0.39, 0.29) is 12.1 Å². The first-order valence-corrected chi connectivity index (χ1v) is 7.18. The zero-order valence-corrected chi connectivity index (χ0v) is 13.1. The molecule has 0 aliphatic carbocycles. The number of amides is 1. The fraction of sp³-hybridized carbons (Fsp3) is 0.200. The monoisotopic (exact) mass is 341 g/mol. The van der Waals surface area contributed by atoms with Crippen LogP contribution in [0, 0.1) is 0 Å². The van der Waals surface area contributed by atoms with Gasteiger partial charge in [-0.1, -0.05) is 23.2 Å². The zero-order chi connectivity index (χ0) is 16.1. The van der Waals surface area contributed by atoms with Gasteiger partial charge in [-0.3, -0.25) is 4.79 Å². The molecular formula is C15H13Cl2NO4. The SMILES string of the molecule is C[C@@H](OC(=O)c1cc(Cl)cc(Cl)c1)C(=O)NCc1ccco1. The summed E-state index contributed by atoms with van der Waals surface area (Å²) in [6.07, 6.45) is 0.550. The van der Waals surface area contributed by atoms with E-state index in [1.165, 1.54) is 31.4 Å². The minimum Gasteiger partial charge on any atom is -0.467 e. The molecule has 0 bridgehead atoms. The Balaban J connectivity index is 1.91. The van der Waals surface area contributed by atoms with Crippen molar-refractivity contribution in [2.75, 3.05) is 0 Å². The van der Waals surface area contributed by atoms with Gasteiger partial charge in [0.25, 0.3) is 5.91 Å². The van der Waals surface area contributed by atoms with E-state index in [0.29, 0.717) is 15.8 Å². The van der Waals surface area contributed by atoms with Crippen LogP contribution < -0.4 is 5.32 Å². The topological polar surface area (TPSA) is 68.5 Å². The lowest BCUT2D eigenvalue weighted by atomic mass is 10.2. The van der Waals surface area contributed by atoms with Crippen molar-refractivity contribution >= 4 is 35.1 Å². The van der Waals surface area contributed by atoms with Crippen molar-refractivity contribution in [3.8, 4) is 0 Å². The van der Waals surface area contributed by atoms with E-state index < -0.39 is 18.0 Å². The molecular weight excluding hydrogens is 329 g/mol. The molecule has 0 aliphatic rings. The van der Waals surface area contributed by atoms with Gasteiger partial charge in [0, 0.05) is 10.0 Å². The molecule has 2 rings (SSSR count). The number of carbonyl (C=O) groups is 2. The van der Waals surface area contributed by atoms with E-state index in [1.807, 2.05) is 0 Å². The van der Waals surface area contributed by atoms with E-state index in [1.54, 1.807) is 12.1 Å². The molecule has 0 spiro atoms. The first-order valence-electron chi connectivity index (χ1n) is 6.43. The molecule has 2 aromatic rings. The van der Waals surface area contributed by atoms with Crippen LogP contribution in [0.15, 0.2) is 41.0 Å². The Morgan fingerprint density at radius 1 is 1.27 bits per heavy atom. The van der Waals surface area contributed by atoms with Gasteiger partial charge in [-0.05, 0) is 37.3 Å². The van der Waals surface area contributed by atoms with Crippen LogP contribution in [0.2, 0.25) is 10.0 Å². The van der Waals surface area contributed by atoms with Gasteiger partial charge in [0.05, 0.1) is 18.4 Å². The first-order chi connectivity index (χ1) is 10.5. The number of hydrogen-bond donors (Lipinski definition) is 1. The number of rotatable bonds is 5. The number of nitrogens with one attached hydrogen (secondary N) is 1. The van der Waals surface area contributed by atoms with Crippen molar-refractivity contribution in [1.82, 2.24) is 5.32 Å². The Bertz CT molecular complexity index is 650. The van der Waals surface area contributed by atoms with Crippen molar-refractivity contribution in [3.63, 3.8) is 0 Å². The second-order valence-electron chi connectivity index (χ2n) is 4.50.